The van der Waals surface area contributed by atoms with Crippen molar-refractivity contribution in [1.29, 1.82) is 0 Å². The fourth-order valence-corrected chi connectivity index (χ4v) is 6.66. The van der Waals surface area contributed by atoms with Crippen molar-refractivity contribution < 1.29 is 27.4 Å². The third-order valence-electron chi connectivity index (χ3n) is 8.34. The van der Waals surface area contributed by atoms with Gasteiger partial charge < -0.3 is 19.7 Å². The van der Waals surface area contributed by atoms with Crippen LogP contribution in [0.4, 0.5) is 13.2 Å². The molecule has 1 N–H and O–H groups in total. The average Bonchev–Trinajstić information content (AvgIpc) is 3.35. The summed E-state index contributed by atoms with van der Waals surface area (Å²) in [5.41, 5.74) is -0.0207. The molecule has 1 amide bonds. The highest BCUT2D eigenvalue weighted by Crippen LogP contribution is 2.52. The average molecular weight is 468 g/mol. The number of carbonyl (C=O) groups is 1. The minimum absolute atomic E-state index is 0.0957. The lowest BCUT2D eigenvalue weighted by molar-refractivity contribution is -0.143. The monoisotopic (exact) mass is 467 g/mol. The van der Waals surface area contributed by atoms with Crippen molar-refractivity contribution in [2.24, 2.45) is 23.2 Å². The normalized spacial score (nSPS) is 34.2. The van der Waals surface area contributed by atoms with Crippen LogP contribution in [0.15, 0.2) is 12.3 Å². The highest BCUT2D eigenvalue weighted by molar-refractivity contribution is 5.84. The summed E-state index contributed by atoms with van der Waals surface area (Å²) in [6, 6.07) is 1.16. The molecular weight excluding hydrogens is 435 g/mol. The minimum atomic E-state index is -4.43. The molecule has 0 radical (unpaired) electrons. The Kier molecular flexibility index (Phi) is 6.16. The second-order valence-corrected chi connectivity index (χ2v) is 10.2. The van der Waals surface area contributed by atoms with Gasteiger partial charge in [-0.25, -0.2) is 0 Å². The van der Waals surface area contributed by atoms with Gasteiger partial charge in [0.2, 0.25) is 5.91 Å². The zero-order valence-electron chi connectivity index (χ0n) is 19.0. The molecule has 5 atom stereocenters. The number of carbonyl (C=O) groups excluding carboxylic acids is 1. The summed E-state index contributed by atoms with van der Waals surface area (Å²) in [5.74, 6) is 1.27. The van der Waals surface area contributed by atoms with Gasteiger partial charge >= 0.3 is 6.18 Å². The Bertz CT molecular complexity index is 895. The standard InChI is InChI=1S/C24H32F3N3O3/c1-32-21-13-33-5-3-16(21)6-15-7-18-10-28-14-23(18,9-15)22(31)30-4-2-20-17(12-30)8-19(11-29-20)24(25,26)27/h8,11,15-16,18,21,28H,2-7,9-10,12-14H2,1H3/t15-,16?,18+,21?,23+/m1/s1. The molecule has 0 bridgehead atoms. The van der Waals surface area contributed by atoms with Gasteiger partial charge in [0.15, 0.2) is 0 Å². The van der Waals surface area contributed by atoms with E-state index >= 15 is 0 Å². The van der Waals surface area contributed by atoms with E-state index in [9.17, 15) is 18.0 Å². The lowest BCUT2D eigenvalue weighted by atomic mass is 9.78. The molecule has 4 aliphatic rings. The predicted molar refractivity (Wildman–Crippen MR) is 114 cm³/mol. The first-order chi connectivity index (χ1) is 15.8. The van der Waals surface area contributed by atoms with Crippen molar-refractivity contribution in [2.45, 2.75) is 50.9 Å². The van der Waals surface area contributed by atoms with Gasteiger partial charge in [-0.1, -0.05) is 0 Å². The summed E-state index contributed by atoms with van der Waals surface area (Å²) >= 11 is 0. The molecule has 4 heterocycles. The van der Waals surface area contributed by atoms with Gasteiger partial charge in [-0.3, -0.25) is 9.78 Å². The van der Waals surface area contributed by atoms with Gasteiger partial charge in [-0.2, -0.15) is 13.2 Å². The van der Waals surface area contributed by atoms with E-state index in [0.717, 1.165) is 51.1 Å². The van der Waals surface area contributed by atoms with E-state index in [1.807, 2.05) is 0 Å². The molecule has 182 valence electrons. The molecule has 6 nitrogen and oxygen atoms in total. The summed E-state index contributed by atoms with van der Waals surface area (Å²) in [4.78, 5) is 19.7. The summed E-state index contributed by atoms with van der Waals surface area (Å²) in [6.45, 7) is 3.58. The Morgan fingerprint density at radius 1 is 1.42 bits per heavy atom. The van der Waals surface area contributed by atoms with Crippen LogP contribution in [0.25, 0.3) is 0 Å². The number of pyridine rings is 1. The SMILES string of the molecule is COC1COCCC1C[C@@H]1C[C@H]2CNC[C@@]2(C(=O)N2CCc3ncc(C(F)(F)F)cc3C2)C1. The first-order valence-corrected chi connectivity index (χ1v) is 12.0. The van der Waals surface area contributed by atoms with Crippen molar-refractivity contribution in [1.82, 2.24) is 15.2 Å². The van der Waals surface area contributed by atoms with Gasteiger partial charge in [-0.15, -0.1) is 0 Å². The molecule has 1 saturated carbocycles. The summed E-state index contributed by atoms with van der Waals surface area (Å²) in [5, 5.41) is 3.42. The Morgan fingerprint density at radius 3 is 3.06 bits per heavy atom. The Balaban J connectivity index is 1.31. The quantitative estimate of drug-likeness (QED) is 0.738. The lowest BCUT2D eigenvalue weighted by Crippen LogP contribution is -2.48. The molecule has 1 aromatic rings. The zero-order valence-corrected chi connectivity index (χ0v) is 19.0. The third-order valence-corrected chi connectivity index (χ3v) is 8.34. The number of nitrogens with zero attached hydrogens (tertiary/aromatic N) is 2. The van der Waals surface area contributed by atoms with Crippen molar-refractivity contribution in [3.63, 3.8) is 0 Å². The molecular formula is C24H32F3N3O3. The van der Waals surface area contributed by atoms with Crippen molar-refractivity contribution in [3.05, 3.63) is 29.1 Å². The van der Waals surface area contributed by atoms with Crippen LogP contribution in [-0.2, 0) is 33.4 Å². The highest BCUT2D eigenvalue weighted by atomic mass is 19.4. The summed E-state index contributed by atoms with van der Waals surface area (Å²) in [6.07, 6.45) is 0.934. The Labute approximate surface area is 192 Å². The first-order valence-electron chi connectivity index (χ1n) is 12.0. The molecule has 3 aliphatic heterocycles. The van der Waals surface area contributed by atoms with Crippen molar-refractivity contribution >= 4 is 5.91 Å². The number of aromatic nitrogens is 1. The number of halogens is 3. The van der Waals surface area contributed by atoms with E-state index in [4.69, 9.17) is 9.47 Å². The van der Waals surface area contributed by atoms with Crippen LogP contribution in [0, 0.1) is 23.2 Å². The van der Waals surface area contributed by atoms with Crippen LogP contribution in [0.5, 0.6) is 0 Å². The second kappa shape index (κ2) is 8.82. The van der Waals surface area contributed by atoms with Crippen LogP contribution in [0.3, 0.4) is 0 Å². The molecule has 1 aromatic heterocycles. The van der Waals surface area contributed by atoms with Crippen LogP contribution < -0.4 is 5.32 Å². The van der Waals surface area contributed by atoms with E-state index < -0.39 is 17.2 Å². The molecule has 5 rings (SSSR count). The minimum Gasteiger partial charge on any atom is -0.379 e. The molecule has 0 spiro atoms. The highest BCUT2D eigenvalue weighted by Gasteiger charge is 2.56. The van der Waals surface area contributed by atoms with Crippen LogP contribution in [0.2, 0.25) is 0 Å². The van der Waals surface area contributed by atoms with Gasteiger partial charge in [0, 0.05) is 51.7 Å². The first kappa shape index (κ1) is 23.1. The second-order valence-electron chi connectivity index (χ2n) is 10.2. The molecule has 33 heavy (non-hydrogen) atoms. The number of nitrogens with one attached hydrogen (secondary N) is 1. The number of ether oxygens (including phenoxy) is 2. The van der Waals surface area contributed by atoms with Crippen LogP contribution in [-0.4, -0.2) is 61.9 Å². The molecule has 2 unspecified atom stereocenters. The van der Waals surface area contributed by atoms with Gasteiger partial charge in [0.05, 0.1) is 23.7 Å². The molecule has 3 fully saturated rings. The molecule has 2 saturated heterocycles. The fourth-order valence-electron chi connectivity index (χ4n) is 6.66. The van der Waals surface area contributed by atoms with Crippen molar-refractivity contribution in [2.75, 3.05) is 40.0 Å². The Hall–Kier alpha value is -1.71. The predicted octanol–water partition coefficient (Wildman–Crippen LogP) is 3.04. The number of amides is 1. The summed E-state index contributed by atoms with van der Waals surface area (Å²) < 4.78 is 50.7. The number of rotatable bonds is 4. The van der Waals surface area contributed by atoms with E-state index in [1.54, 1.807) is 12.0 Å². The maximum absolute atomic E-state index is 13.9. The van der Waals surface area contributed by atoms with E-state index in [-0.39, 0.29) is 24.5 Å². The number of hydrogen-bond acceptors (Lipinski definition) is 5. The third kappa shape index (κ3) is 4.28. The van der Waals surface area contributed by atoms with E-state index in [2.05, 4.69) is 10.3 Å². The van der Waals surface area contributed by atoms with Crippen molar-refractivity contribution in [3.8, 4) is 0 Å². The fraction of sp³-hybridized carbons (Fsp3) is 0.750. The van der Waals surface area contributed by atoms with E-state index in [1.165, 1.54) is 0 Å². The number of alkyl halides is 3. The van der Waals surface area contributed by atoms with E-state index in [0.29, 0.717) is 49.2 Å². The Morgan fingerprint density at radius 2 is 2.27 bits per heavy atom. The van der Waals surface area contributed by atoms with Crippen LogP contribution in [0.1, 0.15) is 42.5 Å². The van der Waals surface area contributed by atoms with Gasteiger partial charge in [0.1, 0.15) is 0 Å². The zero-order chi connectivity index (χ0) is 23.2. The number of methoxy groups -OCH3 is 1. The largest absolute Gasteiger partial charge is 0.417 e. The maximum atomic E-state index is 13.9. The molecule has 0 aromatic carbocycles. The van der Waals surface area contributed by atoms with Crippen LogP contribution >= 0.6 is 0 Å². The smallest absolute Gasteiger partial charge is 0.379 e. The number of fused-ring (bicyclic) bond motifs is 2. The number of hydrogen-bond donors (Lipinski definition) is 1. The molecule has 1 aliphatic carbocycles. The topological polar surface area (TPSA) is 63.7 Å². The maximum Gasteiger partial charge on any atom is 0.417 e. The lowest BCUT2D eigenvalue weighted by Gasteiger charge is -2.37. The van der Waals surface area contributed by atoms with Gasteiger partial charge in [0.25, 0.3) is 0 Å². The summed E-state index contributed by atoms with van der Waals surface area (Å²) in [7, 11) is 1.73. The van der Waals surface area contributed by atoms with Gasteiger partial charge in [-0.05, 0) is 61.6 Å². The molecule has 9 heteroatoms.